The number of nitrogens with one attached hydrogen (secondary N) is 1. The third-order valence-corrected chi connectivity index (χ3v) is 3.26. The van der Waals surface area contributed by atoms with Crippen molar-refractivity contribution in [3.63, 3.8) is 0 Å². The van der Waals surface area contributed by atoms with E-state index in [-0.39, 0.29) is 5.88 Å². The molecule has 0 atom stereocenters. The zero-order valence-electron chi connectivity index (χ0n) is 10.3. The molecule has 0 spiro atoms. The standard InChI is InChI=1S/C12H17ClF2N2O/c1-12(14,15)8-18-11-10(13)9(4-5-16-11)17-6-2-3-7-17/h4,16H,2-3,5-8H2,1H3. The second-order valence-electron chi connectivity index (χ2n) is 4.67. The molecular formula is C12H17ClF2N2O. The van der Waals surface area contributed by atoms with Gasteiger partial charge in [0, 0.05) is 26.6 Å². The minimum atomic E-state index is -2.86. The summed E-state index contributed by atoms with van der Waals surface area (Å²) in [6.45, 7) is 2.62. The average Bonchev–Trinajstić information content (AvgIpc) is 2.80. The van der Waals surface area contributed by atoms with Crippen LogP contribution in [0.1, 0.15) is 19.8 Å². The van der Waals surface area contributed by atoms with Crippen LogP contribution in [0.5, 0.6) is 0 Å². The second kappa shape index (κ2) is 5.34. The second-order valence-corrected chi connectivity index (χ2v) is 5.04. The predicted octanol–water partition coefficient (Wildman–Crippen LogP) is 2.65. The van der Waals surface area contributed by atoms with Crippen molar-refractivity contribution in [1.29, 1.82) is 0 Å². The van der Waals surface area contributed by atoms with Gasteiger partial charge in [0.15, 0.2) is 6.61 Å². The number of hydrogen-bond donors (Lipinski definition) is 1. The number of allylic oxidation sites excluding steroid dienone is 1. The lowest BCUT2D eigenvalue weighted by Gasteiger charge is -2.27. The summed E-state index contributed by atoms with van der Waals surface area (Å²) in [6, 6.07) is 0. The fourth-order valence-electron chi connectivity index (χ4n) is 2.06. The summed E-state index contributed by atoms with van der Waals surface area (Å²) in [5.41, 5.74) is 0.891. The molecule has 0 radical (unpaired) electrons. The van der Waals surface area contributed by atoms with Gasteiger partial charge >= 0.3 is 0 Å². The minimum Gasteiger partial charge on any atom is -0.472 e. The van der Waals surface area contributed by atoms with Gasteiger partial charge in [0.2, 0.25) is 5.88 Å². The topological polar surface area (TPSA) is 24.5 Å². The third kappa shape index (κ3) is 3.28. The average molecular weight is 279 g/mol. The van der Waals surface area contributed by atoms with E-state index in [2.05, 4.69) is 10.2 Å². The van der Waals surface area contributed by atoms with Gasteiger partial charge in [0.25, 0.3) is 5.92 Å². The number of likely N-dealkylation sites (tertiary alicyclic amines) is 1. The first-order valence-corrected chi connectivity index (χ1v) is 6.45. The van der Waals surface area contributed by atoms with Crippen molar-refractivity contribution in [3.05, 3.63) is 22.7 Å². The molecule has 2 rings (SSSR count). The van der Waals surface area contributed by atoms with E-state index in [1.165, 1.54) is 0 Å². The van der Waals surface area contributed by atoms with E-state index in [1.54, 1.807) is 0 Å². The molecule has 2 aliphatic heterocycles. The van der Waals surface area contributed by atoms with Gasteiger partial charge in [0.05, 0.1) is 5.70 Å². The molecule has 0 bridgehead atoms. The molecule has 1 N–H and O–H groups in total. The van der Waals surface area contributed by atoms with Gasteiger partial charge in [-0.05, 0) is 18.9 Å². The number of alkyl halides is 2. The molecule has 0 aromatic heterocycles. The van der Waals surface area contributed by atoms with E-state index in [0.29, 0.717) is 11.6 Å². The van der Waals surface area contributed by atoms with Crippen molar-refractivity contribution in [2.45, 2.75) is 25.7 Å². The summed E-state index contributed by atoms with van der Waals surface area (Å²) in [6.07, 6.45) is 4.24. The number of halogens is 3. The van der Waals surface area contributed by atoms with Crippen molar-refractivity contribution in [3.8, 4) is 0 Å². The molecule has 102 valence electrons. The fraction of sp³-hybridized carbons (Fsp3) is 0.667. The normalized spacial score (nSPS) is 20.9. The first kappa shape index (κ1) is 13.5. The van der Waals surface area contributed by atoms with E-state index < -0.39 is 12.5 Å². The largest absolute Gasteiger partial charge is 0.472 e. The first-order chi connectivity index (χ1) is 8.47. The zero-order chi connectivity index (χ0) is 13.2. The molecule has 2 aliphatic rings. The van der Waals surface area contributed by atoms with Gasteiger partial charge in [0.1, 0.15) is 5.03 Å². The van der Waals surface area contributed by atoms with Crippen LogP contribution in [0.25, 0.3) is 0 Å². The zero-order valence-corrected chi connectivity index (χ0v) is 11.1. The van der Waals surface area contributed by atoms with Crippen LogP contribution < -0.4 is 5.32 Å². The van der Waals surface area contributed by atoms with Gasteiger partial charge in [-0.15, -0.1) is 0 Å². The van der Waals surface area contributed by atoms with Crippen LogP contribution in [0.15, 0.2) is 22.7 Å². The monoisotopic (exact) mass is 278 g/mol. The lowest BCUT2D eigenvalue weighted by atomic mass is 10.2. The molecule has 0 aromatic rings. The summed E-state index contributed by atoms with van der Waals surface area (Å²) in [5, 5.41) is 3.28. The molecule has 0 amide bonds. The first-order valence-electron chi connectivity index (χ1n) is 6.07. The molecule has 0 saturated carbocycles. The highest BCUT2D eigenvalue weighted by Crippen LogP contribution is 2.28. The Bertz CT molecular complexity index is 371. The molecular weight excluding hydrogens is 262 g/mol. The van der Waals surface area contributed by atoms with Crippen LogP contribution in [-0.4, -0.2) is 37.1 Å². The van der Waals surface area contributed by atoms with Crippen LogP contribution in [0.3, 0.4) is 0 Å². The Morgan fingerprint density at radius 1 is 1.44 bits per heavy atom. The molecule has 1 fully saturated rings. The van der Waals surface area contributed by atoms with Crippen molar-refractivity contribution in [2.24, 2.45) is 0 Å². The minimum absolute atomic E-state index is 0.252. The molecule has 2 heterocycles. The molecule has 18 heavy (non-hydrogen) atoms. The Hall–Kier alpha value is -0.970. The Kier molecular flexibility index (Phi) is 4.00. The number of rotatable bonds is 4. The van der Waals surface area contributed by atoms with E-state index in [0.717, 1.165) is 38.6 Å². The highest BCUT2D eigenvalue weighted by Gasteiger charge is 2.26. The van der Waals surface area contributed by atoms with Crippen LogP contribution in [0.2, 0.25) is 0 Å². The summed E-state index contributed by atoms with van der Waals surface area (Å²) >= 11 is 6.19. The van der Waals surface area contributed by atoms with E-state index in [1.807, 2.05) is 6.08 Å². The number of dihydropyridines is 1. The van der Waals surface area contributed by atoms with E-state index >= 15 is 0 Å². The summed E-state index contributed by atoms with van der Waals surface area (Å²) < 4.78 is 30.6. The van der Waals surface area contributed by atoms with Crippen LogP contribution >= 0.6 is 11.6 Å². The van der Waals surface area contributed by atoms with Crippen molar-refractivity contribution in [1.82, 2.24) is 10.2 Å². The van der Waals surface area contributed by atoms with E-state index in [9.17, 15) is 8.78 Å². The quantitative estimate of drug-likeness (QED) is 0.856. The summed E-state index contributed by atoms with van der Waals surface area (Å²) in [7, 11) is 0. The van der Waals surface area contributed by atoms with Crippen LogP contribution in [0, 0.1) is 0 Å². The van der Waals surface area contributed by atoms with Gasteiger partial charge in [-0.2, -0.15) is 0 Å². The maximum Gasteiger partial charge on any atom is 0.278 e. The molecule has 0 unspecified atom stereocenters. The molecule has 3 nitrogen and oxygen atoms in total. The highest BCUT2D eigenvalue weighted by molar-refractivity contribution is 6.32. The maximum atomic E-state index is 12.8. The fourth-order valence-corrected chi connectivity index (χ4v) is 2.38. The lowest BCUT2D eigenvalue weighted by Crippen LogP contribution is -2.30. The third-order valence-electron chi connectivity index (χ3n) is 2.90. The van der Waals surface area contributed by atoms with Crippen LogP contribution in [0.4, 0.5) is 8.78 Å². The number of hydrogen-bond acceptors (Lipinski definition) is 3. The van der Waals surface area contributed by atoms with Gasteiger partial charge in [-0.25, -0.2) is 8.78 Å². The molecule has 0 aromatic carbocycles. The van der Waals surface area contributed by atoms with Crippen molar-refractivity contribution in [2.75, 3.05) is 26.2 Å². The highest BCUT2D eigenvalue weighted by atomic mass is 35.5. The summed E-state index contributed by atoms with van der Waals surface area (Å²) in [4.78, 5) is 2.16. The van der Waals surface area contributed by atoms with Gasteiger partial charge in [-0.1, -0.05) is 11.6 Å². The lowest BCUT2D eigenvalue weighted by molar-refractivity contribution is -0.0471. The number of ether oxygens (including phenoxy) is 1. The van der Waals surface area contributed by atoms with Crippen molar-refractivity contribution >= 4 is 11.6 Å². The van der Waals surface area contributed by atoms with Crippen molar-refractivity contribution < 1.29 is 13.5 Å². The predicted molar refractivity (Wildman–Crippen MR) is 66.3 cm³/mol. The Balaban J connectivity index is 2.05. The Morgan fingerprint density at radius 3 is 2.72 bits per heavy atom. The molecule has 1 saturated heterocycles. The van der Waals surface area contributed by atoms with E-state index in [4.69, 9.17) is 16.3 Å². The SMILES string of the molecule is CC(F)(F)COC1=C(Cl)C(N2CCCC2)=CCN1. The summed E-state index contributed by atoms with van der Waals surface area (Å²) in [5.74, 6) is -2.61. The number of nitrogens with zero attached hydrogens (tertiary/aromatic N) is 1. The Morgan fingerprint density at radius 2 is 2.11 bits per heavy atom. The van der Waals surface area contributed by atoms with Gasteiger partial charge in [-0.3, -0.25) is 0 Å². The molecule has 6 heteroatoms. The Labute approximate surface area is 110 Å². The maximum absolute atomic E-state index is 12.8. The smallest absolute Gasteiger partial charge is 0.278 e. The van der Waals surface area contributed by atoms with Gasteiger partial charge < -0.3 is 15.0 Å². The van der Waals surface area contributed by atoms with Crippen LogP contribution in [-0.2, 0) is 4.74 Å². The molecule has 0 aliphatic carbocycles.